The van der Waals surface area contributed by atoms with Crippen LogP contribution in [0.1, 0.15) is 264 Å². The molecule has 0 saturated carbocycles. The molecule has 0 aromatic carbocycles. The summed E-state index contributed by atoms with van der Waals surface area (Å²) in [6.07, 6.45) is 58.9. The zero-order valence-corrected chi connectivity index (χ0v) is 44.1. The van der Waals surface area contributed by atoms with Gasteiger partial charge in [0.25, 0.3) is 0 Å². The summed E-state index contributed by atoms with van der Waals surface area (Å²) >= 11 is 0. The Morgan fingerprint density at radius 2 is 0.803 bits per heavy atom. The zero-order valence-electron chi connectivity index (χ0n) is 44.1. The molecule has 0 rings (SSSR count). The van der Waals surface area contributed by atoms with Gasteiger partial charge in [-0.2, -0.15) is 0 Å². The lowest BCUT2D eigenvalue weighted by Crippen LogP contribution is -2.55. The molecular weight excluding hydrogens is 823 g/mol. The van der Waals surface area contributed by atoms with Crippen molar-refractivity contribution in [2.45, 2.75) is 276 Å². The third-order valence-corrected chi connectivity index (χ3v) is 12.7. The van der Waals surface area contributed by atoms with Gasteiger partial charge in [-0.05, 0) is 70.6 Å². The summed E-state index contributed by atoms with van der Waals surface area (Å²) in [5, 5.41) is 11.7. The van der Waals surface area contributed by atoms with Crippen molar-refractivity contribution in [1.82, 2.24) is 0 Å². The SMILES string of the molecule is CCCCCCCCCC/C=C/C/C=C/CCCCCCCCCC(=O)OCC(COCCC(C(=O)[O-])[N+](C)(C)C)OC(=O)CCCCCCCCC/C=C/CCCCCCCCCCC. The minimum absolute atomic E-state index is 0.0383. The van der Waals surface area contributed by atoms with Gasteiger partial charge in [0.05, 0.1) is 40.3 Å². The Morgan fingerprint density at radius 3 is 1.18 bits per heavy atom. The van der Waals surface area contributed by atoms with Crippen LogP contribution in [-0.2, 0) is 28.6 Å². The lowest BCUT2D eigenvalue weighted by Gasteiger charge is -2.34. The number of allylic oxidation sites excluding steroid dienone is 6. The topological polar surface area (TPSA) is 102 Å². The van der Waals surface area contributed by atoms with Crippen LogP contribution >= 0.6 is 0 Å². The Bertz CT molecular complexity index is 1170. The molecule has 0 fully saturated rings. The predicted octanol–water partition coefficient (Wildman–Crippen LogP) is 15.2. The van der Waals surface area contributed by atoms with Crippen molar-refractivity contribution in [3.8, 4) is 0 Å². The minimum Gasteiger partial charge on any atom is -0.544 e. The van der Waals surface area contributed by atoms with Gasteiger partial charge >= 0.3 is 11.9 Å². The van der Waals surface area contributed by atoms with Crippen molar-refractivity contribution in [2.24, 2.45) is 0 Å². The maximum atomic E-state index is 12.8. The van der Waals surface area contributed by atoms with Crippen LogP contribution in [0.15, 0.2) is 36.5 Å². The summed E-state index contributed by atoms with van der Waals surface area (Å²) in [7, 11) is 5.42. The third kappa shape index (κ3) is 46.7. The molecule has 2 unspecified atom stereocenters. The highest BCUT2D eigenvalue weighted by molar-refractivity contribution is 5.70. The number of carbonyl (C=O) groups is 3. The van der Waals surface area contributed by atoms with Crippen LogP contribution in [-0.4, -0.2) is 75.5 Å². The molecule has 8 heteroatoms. The first kappa shape index (κ1) is 63.5. The number of ether oxygens (including phenoxy) is 3. The van der Waals surface area contributed by atoms with Crippen molar-refractivity contribution in [1.29, 1.82) is 0 Å². The van der Waals surface area contributed by atoms with Gasteiger partial charge in [-0.1, -0.05) is 211 Å². The zero-order chi connectivity index (χ0) is 48.4. The first-order chi connectivity index (χ1) is 32.1. The van der Waals surface area contributed by atoms with E-state index in [-0.39, 0.29) is 42.7 Å². The second kappa shape index (κ2) is 49.0. The van der Waals surface area contributed by atoms with Crippen LogP contribution in [0, 0.1) is 0 Å². The van der Waals surface area contributed by atoms with Crippen LogP contribution < -0.4 is 5.11 Å². The van der Waals surface area contributed by atoms with E-state index >= 15 is 0 Å². The Hall–Kier alpha value is -2.45. The van der Waals surface area contributed by atoms with Crippen molar-refractivity contribution < 1.29 is 38.2 Å². The van der Waals surface area contributed by atoms with Gasteiger partial charge in [-0.25, -0.2) is 0 Å². The number of quaternary nitrogens is 1. The van der Waals surface area contributed by atoms with E-state index in [0.29, 0.717) is 12.8 Å². The quantitative estimate of drug-likeness (QED) is 0.0259. The normalized spacial score (nSPS) is 13.0. The molecule has 0 spiro atoms. The van der Waals surface area contributed by atoms with E-state index in [1.54, 1.807) is 0 Å². The van der Waals surface area contributed by atoms with Crippen LogP contribution in [0.3, 0.4) is 0 Å². The molecule has 0 N–H and O–H groups in total. The summed E-state index contributed by atoms with van der Waals surface area (Å²) < 4.78 is 17.3. The second-order valence-electron chi connectivity index (χ2n) is 20.2. The highest BCUT2D eigenvalue weighted by Gasteiger charge is 2.25. The number of esters is 2. The molecule has 0 saturated heterocycles. The molecule has 0 bridgehead atoms. The van der Waals surface area contributed by atoms with Gasteiger partial charge in [-0.3, -0.25) is 9.59 Å². The highest BCUT2D eigenvalue weighted by atomic mass is 16.6. The van der Waals surface area contributed by atoms with E-state index in [9.17, 15) is 19.5 Å². The van der Waals surface area contributed by atoms with Crippen molar-refractivity contribution in [2.75, 3.05) is 41.0 Å². The Kier molecular flexibility index (Phi) is 47.2. The third-order valence-electron chi connectivity index (χ3n) is 12.7. The van der Waals surface area contributed by atoms with Crippen molar-refractivity contribution in [3.05, 3.63) is 36.5 Å². The fraction of sp³-hybridized carbons (Fsp3) is 0.845. The number of likely N-dealkylation sites (N-methyl/N-ethyl adjacent to an activating group) is 1. The van der Waals surface area contributed by atoms with Gasteiger partial charge < -0.3 is 28.6 Å². The summed E-state index contributed by atoms with van der Waals surface area (Å²) in [5.74, 6) is -1.74. The monoisotopic (exact) mass is 930 g/mol. The van der Waals surface area contributed by atoms with Gasteiger partial charge in [0.2, 0.25) is 0 Å². The Labute approximate surface area is 408 Å². The van der Waals surface area contributed by atoms with Gasteiger partial charge in [0.15, 0.2) is 6.10 Å². The van der Waals surface area contributed by atoms with Gasteiger partial charge in [0, 0.05) is 19.3 Å². The molecule has 0 radical (unpaired) electrons. The number of aliphatic carboxylic acids is 1. The largest absolute Gasteiger partial charge is 0.544 e. The number of carboxylic acid groups (broad SMARTS) is 1. The molecule has 386 valence electrons. The van der Waals surface area contributed by atoms with E-state index < -0.39 is 18.1 Å². The second-order valence-corrected chi connectivity index (χ2v) is 20.2. The molecule has 2 atom stereocenters. The molecule has 0 heterocycles. The van der Waals surface area contributed by atoms with Crippen molar-refractivity contribution in [3.63, 3.8) is 0 Å². The molecule has 0 aromatic heterocycles. The van der Waals surface area contributed by atoms with E-state index in [1.165, 1.54) is 180 Å². The standard InChI is InChI=1S/C58H107NO7/c1-6-8-10-12-14-16-18-20-22-24-26-28-29-31-32-34-36-38-40-42-44-46-48-56(60)65-53-54(52-64-51-50-55(58(62)63)59(3,4)5)66-57(61)49-47-45-43-41-39-37-35-33-30-27-25-23-21-19-17-15-13-11-9-7-2/h24,26-27,29-31,54-55H,6-23,25,28,32-53H2,1-5H3/b26-24+,30-27+,31-29+. The number of unbranched alkanes of at least 4 members (excludes halogenated alkanes) is 31. The fourth-order valence-corrected chi connectivity index (χ4v) is 8.39. The lowest BCUT2D eigenvalue weighted by molar-refractivity contribution is -0.889. The lowest BCUT2D eigenvalue weighted by atomic mass is 10.1. The van der Waals surface area contributed by atoms with Crippen LogP contribution in [0.4, 0.5) is 0 Å². The van der Waals surface area contributed by atoms with Crippen molar-refractivity contribution >= 4 is 17.9 Å². The molecule has 0 aliphatic carbocycles. The number of hydrogen-bond donors (Lipinski definition) is 0. The first-order valence-electron chi connectivity index (χ1n) is 28.0. The number of carboxylic acids is 1. The van der Waals surface area contributed by atoms with E-state index in [0.717, 1.165) is 51.4 Å². The average molecular weight is 930 g/mol. The van der Waals surface area contributed by atoms with Crippen LogP contribution in [0.2, 0.25) is 0 Å². The maximum Gasteiger partial charge on any atom is 0.306 e. The number of rotatable bonds is 51. The van der Waals surface area contributed by atoms with Gasteiger partial charge in [0.1, 0.15) is 12.6 Å². The molecule has 66 heavy (non-hydrogen) atoms. The number of hydrogen-bond acceptors (Lipinski definition) is 7. The molecule has 0 aromatic rings. The van der Waals surface area contributed by atoms with Gasteiger partial charge in [-0.15, -0.1) is 0 Å². The van der Waals surface area contributed by atoms with E-state index in [2.05, 4.69) is 50.3 Å². The molecule has 0 aliphatic heterocycles. The number of nitrogens with zero attached hydrogens (tertiary/aromatic N) is 1. The van der Waals surface area contributed by atoms with E-state index in [4.69, 9.17) is 14.2 Å². The smallest absolute Gasteiger partial charge is 0.306 e. The summed E-state index contributed by atoms with van der Waals surface area (Å²) in [6, 6.07) is -0.728. The molecule has 0 aliphatic rings. The predicted molar refractivity (Wildman–Crippen MR) is 277 cm³/mol. The maximum absolute atomic E-state index is 12.8. The summed E-state index contributed by atoms with van der Waals surface area (Å²) in [4.78, 5) is 37.1. The van der Waals surface area contributed by atoms with E-state index in [1.807, 2.05) is 21.1 Å². The summed E-state index contributed by atoms with van der Waals surface area (Å²) in [5.41, 5.74) is 0. The molecule has 8 nitrogen and oxygen atoms in total. The average Bonchev–Trinajstić information content (AvgIpc) is 3.28. The molecular formula is C58H107NO7. The summed E-state index contributed by atoms with van der Waals surface area (Å²) in [6.45, 7) is 4.69. The Balaban J connectivity index is 4.21. The highest BCUT2D eigenvalue weighted by Crippen LogP contribution is 2.16. The molecule has 0 amide bonds. The number of carbonyl (C=O) groups excluding carboxylic acids is 3. The van der Waals surface area contributed by atoms with Crippen LogP contribution in [0.5, 0.6) is 0 Å². The van der Waals surface area contributed by atoms with Crippen LogP contribution in [0.25, 0.3) is 0 Å². The minimum atomic E-state index is -1.12. The Morgan fingerprint density at radius 1 is 0.455 bits per heavy atom. The fourth-order valence-electron chi connectivity index (χ4n) is 8.39. The first-order valence-corrected chi connectivity index (χ1v) is 28.0.